The van der Waals surface area contributed by atoms with Gasteiger partial charge in [-0.25, -0.2) is 0 Å². The molecule has 6 heteroatoms. The van der Waals surface area contributed by atoms with Gasteiger partial charge >= 0.3 is 0 Å². The Bertz CT molecular complexity index is 657. The molecule has 0 aromatic carbocycles. The van der Waals surface area contributed by atoms with Crippen LogP contribution in [-0.2, 0) is 12.8 Å². The summed E-state index contributed by atoms with van der Waals surface area (Å²) < 4.78 is 5.00. The Labute approximate surface area is 119 Å². The van der Waals surface area contributed by atoms with Crippen molar-refractivity contribution in [1.29, 1.82) is 0 Å². The number of amides is 1. The smallest absolute Gasteiger partial charge is 0.291 e. The molecule has 0 atom stereocenters. The van der Waals surface area contributed by atoms with Crippen LogP contribution in [0.4, 0.5) is 5.00 Å². The molecule has 2 heterocycles. The summed E-state index contributed by atoms with van der Waals surface area (Å²) in [6.45, 7) is 0. The Kier molecular flexibility index (Phi) is 3.31. The first kappa shape index (κ1) is 12.9. The molecule has 1 aliphatic rings. The lowest BCUT2D eigenvalue weighted by atomic mass is 9.95. The van der Waals surface area contributed by atoms with E-state index in [1.165, 1.54) is 23.7 Å². The maximum atomic E-state index is 12.0. The largest absolute Gasteiger partial charge is 0.545 e. The molecule has 0 saturated carbocycles. The lowest BCUT2D eigenvalue weighted by molar-refractivity contribution is -0.254. The normalized spacial score (nSPS) is 13.8. The molecule has 3 rings (SSSR count). The number of hydrogen-bond donors (Lipinski definition) is 1. The Morgan fingerprint density at radius 1 is 1.30 bits per heavy atom. The standard InChI is InChI=1S/C14H13NO4S/c16-12(9-5-3-7-19-9)15-13-11(14(17)18)8-4-1-2-6-10(8)20-13/h3,5,7H,1-2,4,6H2,(H,15,16)(H,17,18)/p-1. The van der Waals surface area contributed by atoms with Gasteiger partial charge in [0.15, 0.2) is 5.76 Å². The lowest BCUT2D eigenvalue weighted by Gasteiger charge is -2.13. The van der Waals surface area contributed by atoms with E-state index in [-0.39, 0.29) is 11.3 Å². The highest BCUT2D eigenvalue weighted by atomic mass is 32.1. The third-order valence-corrected chi connectivity index (χ3v) is 4.55. The Morgan fingerprint density at radius 2 is 2.10 bits per heavy atom. The molecule has 0 fully saturated rings. The van der Waals surface area contributed by atoms with Gasteiger partial charge in [-0.15, -0.1) is 11.3 Å². The fourth-order valence-corrected chi connectivity index (χ4v) is 3.71. The van der Waals surface area contributed by atoms with E-state index < -0.39 is 11.9 Å². The summed E-state index contributed by atoms with van der Waals surface area (Å²) in [6.07, 6.45) is 5.00. The second kappa shape index (κ2) is 5.13. The molecule has 0 unspecified atom stereocenters. The maximum absolute atomic E-state index is 12.0. The maximum Gasteiger partial charge on any atom is 0.291 e. The first-order chi connectivity index (χ1) is 9.66. The molecular formula is C14H12NO4S-. The van der Waals surface area contributed by atoms with E-state index >= 15 is 0 Å². The Morgan fingerprint density at radius 3 is 2.80 bits per heavy atom. The number of aromatic carboxylic acids is 1. The number of rotatable bonds is 3. The molecular weight excluding hydrogens is 278 g/mol. The van der Waals surface area contributed by atoms with Crippen LogP contribution >= 0.6 is 11.3 Å². The van der Waals surface area contributed by atoms with Gasteiger partial charge in [-0.3, -0.25) is 4.79 Å². The first-order valence-electron chi connectivity index (χ1n) is 6.37. The molecule has 0 bridgehead atoms. The molecule has 2 aromatic rings. The number of furan rings is 1. The van der Waals surface area contributed by atoms with Crippen molar-refractivity contribution >= 4 is 28.2 Å². The fourth-order valence-electron chi connectivity index (χ4n) is 2.44. The molecule has 0 radical (unpaired) electrons. The van der Waals surface area contributed by atoms with Gasteiger partial charge in [0.2, 0.25) is 0 Å². The number of thiophene rings is 1. The third kappa shape index (κ3) is 2.22. The van der Waals surface area contributed by atoms with Crippen LogP contribution in [0.1, 0.15) is 44.2 Å². The molecule has 1 amide bonds. The molecule has 0 spiro atoms. The van der Waals surface area contributed by atoms with Crippen LogP contribution in [0, 0.1) is 0 Å². The Balaban J connectivity index is 1.95. The van der Waals surface area contributed by atoms with Crippen molar-refractivity contribution in [2.45, 2.75) is 25.7 Å². The van der Waals surface area contributed by atoms with Crippen LogP contribution < -0.4 is 10.4 Å². The summed E-state index contributed by atoms with van der Waals surface area (Å²) in [7, 11) is 0. The van der Waals surface area contributed by atoms with Crippen LogP contribution in [-0.4, -0.2) is 11.9 Å². The van der Waals surface area contributed by atoms with Gasteiger partial charge in [0.1, 0.15) is 5.00 Å². The molecule has 0 aliphatic heterocycles. The van der Waals surface area contributed by atoms with Crippen molar-refractivity contribution in [3.63, 3.8) is 0 Å². The van der Waals surface area contributed by atoms with E-state index in [0.717, 1.165) is 36.1 Å². The zero-order valence-corrected chi connectivity index (χ0v) is 11.4. The summed E-state index contributed by atoms with van der Waals surface area (Å²) in [5.74, 6) is -1.53. The van der Waals surface area contributed by atoms with Crippen LogP contribution in [0.25, 0.3) is 0 Å². The average molecular weight is 290 g/mol. The van der Waals surface area contributed by atoms with E-state index in [9.17, 15) is 14.7 Å². The van der Waals surface area contributed by atoms with Gasteiger partial charge in [0.05, 0.1) is 12.2 Å². The third-order valence-electron chi connectivity index (χ3n) is 3.35. The van der Waals surface area contributed by atoms with E-state index in [0.29, 0.717) is 5.00 Å². The molecule has 0 saturated heterocycles. The van der Waals surface area contributed by atoms with Crippen molar-refractivity contribution in [3.8, 4) is 0 Å². The highest BCUT2D eigenvalue weighted by molar-refractivity contribution is 7.17. The average Bonchev–Trinajstić information content (AvgIpc) is 3.05. The highest BCUT2D eigenvalue weighted by Gasteiger charge is 2.23. The number of aryl methyl sites for hydroxylation is 1. The fraction of sp³-hybridized carbons (Fsp3) is 0.286. The van der Waals surface area contributed by atoms with Crippen LogP contribution in [0.15, 0.2) is 22.8 Å². The molecule has 1 N–H and O–H groups in total. The molecule has 5 nitrogen and oxygen atoms in total. The molecule has 2 aromatic heterocycles. The number of fused-ring (bicyclic) bond motifs is 1. The van der Waals surface area contributed by atoms with Gasteiger partial charge in [0, 0.05) is 10.4 Å². The van der Waals surface area contributed by atoms with E-state index in [1.54, 1.807) is 6.07 Å². The lowest BCUT2D eigenvalue weighted by Crippen LogP contribution is -2.25. The van der Waals surface area contributed by atoms with E-state index in [1.807, 2.05) is 0 Å². The van der Waals surface area contributed by atoms with Gasteiger partial charge in [0.25, 0.3) is 5.91 Å². The highest BCUT2D eigenvalue weighted by Crippen LogP contribution is 2.37. The number of carboxylic acids is 1. The van der Waals surface area contributed by atoms with Crippen molar-refractivity contribution in [1.82, 2.24) is 0 Å². The molecule has 20 heavy (non-hydrogen) atoms. The predicted molar refractivity (Wildman–Crippen MR) is 72.0 cm³/mol. The predicted octanol–water partition coefficient (Wildman–Crippen LogP) is 1.84. The number of anilines is 1. The summed E-state index contributed by atoms with van der Waals surface area (Å²) in [5.41, 5.74) is 0.945. The van der Waals surface area contributed by atoms with Crippen LogP contribution in [0.5, 0.6) is 0 Å². The minimum absolute atomic E-state index is 0.129. The zero-order chi connectivity index (χ0) is 14.1. The number of carbonyl (C=O) groups excluding carboxylic acids is 2. The van der Waals surface area contributed by atoms with E-state index in [2.05, 4.69) is 5.32 Å². The van der Waals surface area contributed by atoms with Crippen molar-refractivity contribution < 1.29 is 19.1 Å². The Hall–Kier alpha value is -2.08. The van der Waals surface area contributed by atoms with Crippen molar-refractivity contribution in [2.75, 3.05) is 5.32 Å². The van der Waals surface area contributed by atoms with Gasteiger partial charge in [-0.2, -0.15) is 0 Å². The number of carboxylic acid groups (broad SMARTS) is 1. The first-order valence-corrected chi connectivity index (χ1v) is 7.19. The van der Waals surface area contributed by atoms with E-state index in [4.69, 9.17) is 4.42 Å². The van der Waals surface area contributed by atoms with Gasteiger partial charge in [-0.05, 0) is 43.4 Å². The second-order valence-electron chi connectivity index (χ2n) is 4.63. The number of carbonyl (C=O) groups is 2. The minimum atomic E-state index is -1.24. The van der Waals surface area contributed by atoms with Gasteiger partial charge in [-0.1, -0.05) is 0 Å². The second-order valence-corrected chi connectivity index (χ2v) is 5.74. The van der Waals surface area contributed by atoms with Gasteiger partial charge < -0.3 is 19.6 Å². The summed E-state index contributed by atoms with van der Waals surface area (Å²) in [6, 6.07) is 3.13. The van der Waals surface area contributed by atoms with Crippen molar-refractivity contribution in [2.24, 2.45) is 0 Å². The SMILES string of the molecule is O=C(Nc1sc2c(c1C(=O)[O-])CCCC2)c1ccco1. The number of nitrogens with one attached hydrogen (secondary N) is 1. The molecule has 1 aliphatic carbocycles. The van der Waals surface area contributed by atoms with Crippen molar-refractivity contribution in [3.05, 3.63) is 40.2 Å². The summed E-state index contributed by atoms with van der Waals surface area (Å²) in [4.78, 5) is 24.3. The van der Waals surface area contributed by atoms with Crippen LogP contribution in [0.2, 0.25) is 0 Å². The van der Waals surface area contributed by atoms with Crippen LogP contribution in [0.3, 0.4) is 0 Å². The minimum Gasteiger partial charge on any atom is -0.545 e. The topological polar surface area (TPSA) is 82.4 Å². The quantitative estimate of drug-likeness (QED) is 0.935. The summed E-state index contributed by atoms with van der Waals surface area (Å²) >= 11 is 1.32. The summed E-state index contributed by atoms with van der Waals surface area (Å²) in [5, 5.41) is 14.3. The number of hydrogen-bond acceptors (Lipinski definition) is 5. The molecule has 104 valence electrons. The zero-order valence-electron chi connectivity index (χ0n) is 10.6. The monoisotopic (exact) mass is 290 g/mol.